The number of aromatic nitrogens is 2. The van der Waals surface area contributed by atoms with Gasteiger partial charge in [-0.15, -0.1) is 0 Å². The largest absolute Gasteiger partial charge is 0.319 e. The van der Waals surface area contributed by atoms with Crippen LogP contribution < -0.4 is 5.32 Å². The van der Waals surface area contributed by atoms with E-state index in [4.69, 9.17) is 0 Å². The standard InChI is InChI=1S/C19H15F2N3O/c1-2-12-8-9-14(20)17(18(12)21)15-6-3-7-16(24-15)19(25)23-13-5-4-10-22-11-13/h3-11H,2H2,1H3,(H,23,25). The summed E-state index contributed by atoms with van der Waals surface area (Å²) in [6, 6.07) is 10.5. The van der Waals surface area contributed by atoms with Gasteiger partial charge in [0, 0.05) is 6.20 Å². The lowest BCUT2D eigenvalue weighted by Crippen LogP contribution is -2.14. The van der Waals surface area contributed by atoms with E-state index in [-0.39, 0.29) is 17.0 Å². The molecule has 3 aromatic rings. The monoisotopic (exact) mass is 339 g/mol. The van der Waals surface area contributed by atoms with Gasteiger partial charge in [-0.2, -0.15) is 0 Å². The molecule has 0 atom stereocenters. The highest BCUT2D eigenvalue weighted by Crippen LogP contribution is 2.27. The summed E-state index contributed by atoms with van der Waals surface area (Å²) in [7, 11) is 0. The van der Waals surface area contributed by atoms with Crippen LogP contribution in [0.25, 0.3) is 11.3 Å². The molecule has 1 N–H and O–H groups in total. The van der Waals surface area contributed by atoms with Gasteiger partial charge in [-0.25, -0.2) is 13.8 Å². The van der Waals surface area contributed by atoms with Crippen LogP contribution in [0, 0.1) is 11.6 Å². The van der Waals surface area contributed by atoms with Crippen molar-refractivity contribution in [3.63, 3.8) is 0 Å². The molecule has 25 heavy (non-hydrogen) atoms. The third-order valence-corrected chi connectivity index (χ3v) is 3.71. The zero-order valence-electron chi connectivity index (χ0n) is 13.5. The molecule has 2 heterocycles. The third-order valence-electron chi connectivity index (χ3n) is 3.71. The summed E-state index contributed by atoms with van der Waals surface area (Å²) in [5.41, 5.74) is 0.801. The molecule has 6 heteroatoms. The number of carbonyl (C=O) groups is 1. The van der Waals surface area contributed by atoms with E-state index in [1.165, 1.54) is 36.5 Å². The van der Waals surface area contributed by atoms with E-state index >= 15 is 0 Å². The second-order valence-corrected chi connectivity index (χ2v) is 5.35. The molecule has 3 rings (SSSR count). The molecule has 0 aliphatic heterocycles. The minimum Gasteiger partial charge on any atom is -0.319 e. The predicted octanol–water partition coefficient (Wildman–Crippen LogP) is 4.24. The minimum atomic E-state index is -0.716. The fraction of sp³-hybridized carbons (Fsp3) is 0.105. The van der Waals surface area contributed by atoms with Gasteiger partial charge in [-0.1, -0.05) is 19.1 Å². The van der Waals surface area contributed by atoms with Crippen LogP contribution in [0.1, 0.15) is 23.0 Å². The quantitative estimate of drug-likeness (QED) is 0.774. The lowest BCUT2D eigenvalue weighted by atomic mass is 10.0. The van der Waals surface area contributed by atoms with E-state index in [1.807, 2.05) is 0 Å². The van der Waals surface area contributed by atoms with Crippen molar-refractivity contribution in [2.24, 2.45) is 0 Å². The Morgan fingerprint density at radius 3 is 2.68 bits per heavy atom. The van der Waals surface area contributed by atoms with Gasteiger partial charge in [0.25, 0.3) is 5.91 Å². The highest BCUT2D eigenvalue weighted by atomic mass is 19.1. The molecule has 0 radical (unpaired) electrons. The lowest BCUT2D eigenvalue weighted by Gasteiger charge is -2.10. The Kier molecular flexibility index (Phi) is 4.79. The van der Waals surface area contributed by atoms with Crippen molar-refractivity contribution < 1.29 is 13.6 Å². The normalized spacial score (nSPS) is 10.5. The van der Waals surface area contributed by atoms with E-state index < -0.39 is 17.5 Å². The van der Waals surface area contributed by atoms with Crippen LogP contribution in [-0.4, -0.2) is 15.9 Å². The maximum atomic E-state index is 14.5. The molecular formula is C19H15F2N3O. The summed E-state index contributed by atoms with van der Waals surface area (Å²) >= 11 is 0. The number of amides is 1. The molecule has 0 saturated carbocycles. The number of pyridine rings is 2. The number of hydrogen-bond donors (Lipinski definition) is 1. The van der Waals surface area contributed by atoms with Crippen molar-refractivity contribution in [3.8, 4) is 11.3 Å². The van der Waals surface area contributed by atoms with Crippen LogP contribution >= 0.6 is 0 Å². The number of anilines is 1. The maximum absolute atomic E-state index is 14.5. The van der Waals surface area contributed by atoms with Gasteiger partial charge in [0.05, 0.1) is 23.1 Å². The molecule has 4 nitrogen and oxygen atoms in total. The molecule has 2 aromatic heterocycles. The predicted molar refractivity (Wildman–Crippen MR) is 91.2 cm³/mol. The summed E-state index contributed by atoms with van der Waals surface area (Å²) in [6.07, 6.45) is 3.51. The van der Waals surface area contributed by atoms with Gasteiger partial charge < -0.3 is 5.32 Å². The first-order chi connectivity index (χ1) is 12.1. The van der Waals surface area contributed by atoms with Gasteiger partial charge in [0.2, 0.25) is 0 Å². The number of rotatable bonds is 4. The molecule has 126 valence electrons. The van der Waals surface area contributed by atoms with Crippen molar-refractivity contribution in [1.82, 2.24) is 9.97 Å². The second-order valence-electron chi connectivity index (χ2n) is 5.35. The first-order valence-corrected chi connectivity index (χ1v) is 7.76. The first-order valence-electron chi connectivity index (χ1n) is 7.76. The molecule has 1 amide bonds. The number of carbonyl (C=O) groups excluding carboxylic acids is 1. The Labute approximate surface area is 143 Å². The van der Waals surface area contributed by atoms with Crippen LogP contribution in [0.4, 0.5) is 14.5 Å². The Morgan fingerprint density at radius 1 is 1.12 bits per heavy atom. The summed E-state index contributed by atoms with van der Waals surface area (Å²) in [6.45, 7) is 1.78. The summed E-state index contributed by atoms with van der Waals surface area (Å²) in [5, 5.41) is 2.64. The van der Waals surface area contributed by atoms with Crippen LogP contribution in [0.15, 0.2) is 54.9 Å². The Balaban J connectivity index is 1.96. The topological polar surface area (TPSA) is 54.9 Å². The van der Waals surface area contributed by atoms with Gasteiger partial charge in [0.1, 0.15) is 17.3 Å². The summed E-state index contributed by atoms with van der Waals surface area (Å²) < 4.78 is 28.7. The number of nitrogens with one attached hydrogen (secondary N) is 1. The number of benzene rings is 1. The first kappa shape index (κ1) is 16.7. The number of hydrogen-bond acceptors (Lipinski definition) is 3. The third kappa shape index (κ3) is 3.52. The maximum Gasteiger partial charge on any atom is 0.274 e. The fourth-order valence-corrected chi connectivity index (χ4v) is 2.44. The summed E-state index contributed by atoms with van der Waals surface area (Å²) in [5.74, 6) is -1.85. The molecule has 0 aliphatic carbocycles. The fourth-order valence-electron chi connectivity index (χ4n) is 2.44. The van der Waals surface area contributed by atoms with Gasteiger partial charge in [-0.3, -0.25) is 9.78 Å². The van der Waals surface area contributed by atoms with Crippen LogP contribution in [0.2, 0.25) is 0 Å². The van der Waals surface area contributed by atoms with Gasteiger partial charge in [-0.05, 0) is 42.3 Å². The molecule has 0 saturated heterocycles. The average Bonchev–Trinajstić information content (AvgIpc) is 2.63. The van der Waals surface area contributed by atoms with E-state index in [0.29, 0.717) is 17.7 Å². The zero-order chi connectivity index (χ0) is 17.8. The number of halogens is 2. The minimum absolute atomic E-state index is 0.0575. The number of aryl methyl sites for hydroxylation is 1. The average molecular weight is 339 g/mol. The van der Waals surface area contributed by atoms with Crippen LogP contribution in [0.5, 0.6) is 0 Å². The molecule has 0 bridgehead atoms. The summed E-state index contributed by atoms with van der Waals surface area (Å²) in [4.78, 5) is 20.3. The van der Waals surface area contributed by atoms with Crippen molar-refractivity contribution in [2.75, 3.05) is 5.32 Å². The van der Waals surface area contributed by atoms with Crippen LogP contribution in [-0.2, 0) is 6.42 Å². The van der Waals surface area contributed by atoms with E-state index in [1.54, 1.807) is 25.3 Å². The van der Waals surface area contributed by atoms with Crippen molar-refractivity contribution >= 4 is 11.6 Å². The van der Waals surface area contributed by atoms with Gasteiger partial charge in [0.15, 0.2) is 0 Å². The van der Waals surface area contributed by atoms with Gasteiger partial charge >= 0.3 is 0 Å². The Bertz CT molecular complexity index is 914. The smallest absolute Gasteiger partial charge is 0.274 e. The van der Waals surface area contributed by atoms with Crippen molar-refractivity contribution in [1.29, 1.82) is 0 Å². The van der Waals surface area contributed by atoms with Crippen molar-refractivity contribution in [3.05, 3.63) is 77.8 Å². The number of nitrogens with zero attached hydrogens (tertiary/aromatic N) is 2. The Morgan fingerprint density at radius 2 is 1.96 bits per heavy atom. The lowest BCUT2D eigenvalue weighted by molar-refractivity contribution is 0.102. The Hall–Kier alpha value is -3.15. The highest BCUT2D eigenvalue weighted by Gasteiger charge is 2.17. The van der Waals surface area contributed by atoms with E-state index in [0.717, 1.165) is 0 Å². The van der Waals surface area contributed by atoms with E-state index in [2.05, 4.69) is 15.3 Å². The molecule has 1 aromatic carbocycles. The zero-order valence-corrected chi connectivity index (χ0v) is 13.5. The molecule has 0 fully saturated rings. The van der Waals surface area contributed by atoms with Crippen LogP contribution in [0.3, 0.4) is 0 Å². The molecule has 0 spiro atoms. The molecule has 0 unspecified atom stereocenters. The SMILES string of the molecule is CCc1ccc(F)c(-c2cccc(C(=O)Nc3cccnc3)n2)c1F. The second kappa shape index (κ2) is 7.17. The highest BCUT2D eigenvalue weighted by molar-refractivity contribution is 6.03. The van der Waals surface area contributed by atoms with Crippen molar-refractivity contribution in [2.45, 2.75) is 13.3 Å². The van der Waals surface area contributed by atoms with E-state index in [9.17, 15) is 13.6 Å². The molecule has 0 aliphatic rings. The molecular weight excluding hydrogens is 324 g/mol.